The summed E-state index contributed by atoms with van der Waals surface area (Å²) in [6.45, 7) is 2.72. The molecule has 4 heteroatoms. The molecule has 2 unspecified atom stereocenters. The average Bonchev–Trinajstić information content (AvgIpc) is 2.47. The molecule has 1 amide bonds. The van der Waals surface area contributed by atoms with Crippen LogP contribution in [0, 0.1) is 5.92 Å². The van der Waals surface area contributed by atoms with Crippen molar-refractivity contribution >= 4 is 5.91 Å². The van der Waals surface area contributed by atoms with Gasteiger partial charge in [0.2, 0.25) is 0 Å². The van der Waals surface area contributed by atoms with Crippen LogP contribution in [0.2, 0.25) is 0 Å². The number of nitrogens with two attached hydrogens (primary N) is 1. The first kappa shape index (κ1) is 14.9. The molecule has 1 aliphatic rings. The van der Waals surface area contributed by atoms with Crippen molar-refractivity contribution in [1.82, 2.24) is 5.32 Å². The van der Waals surface area contributed by atoms with E-state index in [9.17, 15) is 4.79 Å². The van der Waals surface area contributed by atoms with E-state index in [0.717, 1.165) is 19.3 Å². The number of ether oxygens (including phenoxy) is 1. The summed E-state index contributed by atoms with van der Waals surface area (Å²) in [6.07, 6.45) is 4.26. The van der Waals surface area contributed by atoms with E-state index in [1.165, 1.54) is 6.42 Å². The largest absolute Gasteiger partial charge is 0.497 e. The Morgan fingerprint density at radius 3 is 3.00 bits per heavy atom. The van der Waals surface area contributed by atoms with Crippen molar-refractivity contribution < 1.29 is 9.53 Å². The molecular formula is C16H24N2O2. The van der Waals surface area contributed by atoms with Crippen LogP contribution in [0.1, 0.15) is 43.0 Å². The summed E-state index contributed by atoms with van der Waals surface area (Å²) in [5, 5.41) is 3.16. The van der Waals surface area contributed by atoms with Crippen molar-refractivity contribution in [1.29, 1.82) is 0 Å². The third kappa shape index (κ3) is 3.31. The van der Waals surface area contributed by atoms with Gasteiger partial charge in [0.15, 0.2) is 0 Å². The van der Waals surface area contributed by atoms with Crippen LogP contribution in [0.4, 0.5) is 0 Å². The van der Waals surface area contributed by atoms with Gasteiger partial charge in [-0.25, -0.2) is 0 Å². The molecule has 2 atom stereocenters. The zero-order valence-electron chi connectivity index (χ0n) is 12.3. The van der Waals surface area contributed by atoms with Gasteiger partial charge in [0.1, 0.15) is 5.75 Å². The van der Waals surface area contributed by atoms with E-state index in [1.54, 1.807) is 19.2 Å². The second kappa shape index (κ2) is 6.27. The molecule has 1 aliphatic carbocycles. The number of hydrogen-bond donors (Lipinski definition) is 2. The number of hydrogen-bond acceptors (Lipinski definition) is 3. The molecule has 0 spiro atoms. The first-order chi connectivity index (χ1) is 9.58. The van der Waals surface area contributed by atoms with E-state index in [2.05, 4.69) is 12.2 Å². The summed E-state index contributed by atoms with van der Waals surface area (Å²) in [5.41, 5.74) is 6.31. The summed E-state index contributed by atoms with van der Waals surface area (Å²) < 4.78 is 5.16. The topological polar surface area (TPSA) is 64.3 Å². The number of benzene rings is 1. The molecule has 0 saturated heterocycles. The fourth-order valence-electron chi connectivity index (χ4n) is 3.09. The first-order valence-corrected chi connectivity index (χ1v) is 7.25. The normalized spacial score (nSPS) is 26.1. The Balaban J connectivity index is 2.12. The minimum Gasteiger partial charge on any atom is -0.497 e. The number of rotatable bonds is 4. The third-order valence-corrected chi connectivity index (χ3v) is 4.19. The van der Waals surface area contributed by atoms with Crippen molar-refractivity contribution in [2.75, 3.05) is 13.7 Å². The van der Waals surface area contributed by atoms with Gasteiger partial charge in [-0.1, -0.05) is 25.8 Å². The van der Waals surface area contributed by atoms with E-state index in [4.69, 9.17) is 10.5 Å². The molecule has 1 saturated carbocycles. The standard InChI is InChI=1S/C16H24N2O2/c1-12-5-4-8-16(10-12,11-17)18-15(19)13-6-3-7-14(9-13)20-2/h3,6-7,9,12H,4-5,8,10-11,17H2,1-2H3,(H,18,19). The zero-order chi connectivity index (χ0) is 14.6. The van der Waals surface area contributed by atoms with Gasteiger partial charge < -0.3 is 15.8 Å². The lowest BCUT2D eigenvalue weighted by molar-refractivity contribution is 0.0853. The van der Waals surface area contributed by atoms with Crippen molar-refractivity contribution in [3.63, 3.8) is 0 Å². The Kier molecular flexibility index (Phi) is 4.65. The lowest BCUT2D eigenvalue weighted by Gasteiger charge is -2.40. The molecule has 0 heterocycles. The quantitative estimate of drug-likeness (QED) is 0.887. The molecule has 3 N–H and O–H groups in total. The molecule has 1 fully saturated rings. The molecule has 2 rings (SSSR count). The van der Waals surface area contributed by atoms with E-state index in [-0.39, 0.29) is 11.4 Å². The summed E-state index contributed by atoms with van der Waals surface area (Å²) in [5.74, 6) is 1.23. The van der Waals surface area contributed by atoms with Gasteiger partial charge in [-0.2, -0.15) is 0 Å². The second-order valence-electron chi connectivity index (χ2n) is 5.87. The van der Waals surface area contributed by atoms with Gasteiger partial charge in [-0.05, 0) is 37.0 Å². The Labute approximate surface area is 120 Å². The Morgan fingerprint density at radius 1 is 1.55 bits per heavy atom. The fourth-order valence-corrected chi connectivity index (χ4v) is 3.09. The number of nitrogens with one attached hydrogen (secondary N) is 1. The maximum atomic E-state index is 12.4. The molecule has 1 aromatic rings. The predicted molar refractivity (Wildman–Crippen MR) is 79.9 cm³/mol. The highest BCUT2D eigenvalue weighted by atomic mass is 16.5. The van der Waals surface area contributed by atoms with Crippen LogP contribution < -0.4 is 15.8 Å². The highest BCUT2D eigenvalue weighted by Crippen LogP contribution is 2.31. The minimum absolute atomic E-state index is 0.0662. The van der Waals surface area contributed by atoms with Crippen LogP contribution in [0.3, 0.4) is 0 Å². The van der Waals surface area contributed by atoms with Crippen LogP contribution in [-0.4, -0.2) is 25.1 Å². The smallest absolute Gasteiger partial charge is 0.251 e. The van der Waals surface area contributed by atoms with E-state index < -0.39 is 0 Å². The van der Waals surface area contributed by atoms with Crippen LogP contribution >= 0.6 is 0 Å². The van der Waals surface area contributed by atoms with Crippen molar-refractivity contribution in [2.45, 2.75) is 38.1 Å². The Bertz CT molecular complexity index is 475. The number of carbonyl (C=O) groups excluding carboxylic acids is 1. The number of amides is 1. The van der Waals surface area contributed by atoms with Gasteiger partial charge in [0.05, 0.1) is 12.6 Å². The lowest BCUT2D eigenvalue weighted by atomic mass is 9.76. The van der Waals surface area contributed by atoms with E-state index in [1.807, 2.05) is 12.1 Å². The van der Waals surface area contributed by atoms with Gasteiger partial charge >= 0.3 is 0 Å². The number of methoxy groups -OCH3 is 1. The van der Waals surface area contributed by atoms with Crippen molar-refractivity contribution in [3.05, 3.63) is 29.8 Å². The summed E-state index contributed by atoms with van der Waals surface area (Å²) in [6, 6.07) is 7.21. The predicted octanol–water partition coefficient (Wildman–Crippen LogP) is 2.33. The van der Waals surface area contributed by atoms with E-state index >= 15 is 0 Å². The third-order valence-electron chi connectivity index (χ3n) is 4.19. The highest BCUT2D eigenvalue weighted by Gasteiger charge is 2.35. The Morgan fingerprint density at radius 2 is 2.35 bits per heavy atom. The summed E-state index contributed by atoms with van der Waals surface area (Å²) in [4.78, 5) is 12.4. The van der Waals surface area contributed by atoms with Crippen LogP contribution in [0.15, 0.2) is 24.3 Å². The molecule has 110 valence electrons. The maximum absolute atomic E-state index is 12.4. The van der Waals surface area contributed by atoms with E-state index in [0.29, 0.717) is 23.8 Å². The molecule has 20 heavy (non-hydrogen) atoms. The van der Waals surface area contributed by atoms with Crippen molar-refractivity contribution in [2.24, 2.45) is 11.7 Å². The van der Waals surface area contributed by atoms with Crippen LogP contribution in [0.25, 0.3) is 0 Å². The molecule has 0 aliphatic heterocycles. The van der Waals surface area contributed by atoms with Gasteiger partial charge in [0.25, 0.3) is 5.91 Å². The lowest BCUT2D eigenvalue weighted by Crippen LogP contribution is -2.56. The zero-order valence-corrected chi connectivity index (χ0v) is 12.3. The monoisotopic (exact) mass is 276 g/mol. The average molecular weight is 276 g/mol. The summed E-state index contributed by atoms with van der Waals surface area (Å²) in [7, 11) is 1.60. The molecular weight excluding hydrogens is 252 g/mol. The minimum atomic E-state index is -0.252. The molecule has 4 nitrogen and oxygen atoms in total. The van der Waals surface area contributed by atoms with Crippen LogP contribution in [-0.2, 0) is 0 Å². The molecule has 0 radical (unpaired) electrons. The second-order valence-corrected chi connectivity index (χ2v) is 5.87. The SMILES string of the molecule is COc1cccc(C(=O)NC2(CN)CCCC(C)C2)c1. The number of carbonyl (C=O) groups is 1. The van der Waals surface area contributed by atoms with Gasteiger partial charge in [0, 0.05) is 12.1 Å². The Hall–Kier alpha value is -1.55. The maximum Gasteiger partial charge on any atom is 0.251 e. The molecule has 0 bridgehead atoms. The van der Waals surface area contributed by atoms with Gasteiger partial charge in [-0.3, -0.25) is 4.79 Å². The van der Waals surface area contributed by atoms with Gasteiger partial charge in [-0.15, -0.1) is 0 Å². The highest BCUT2D eigenvalue weighted by molar-refractivity contribution is 5.95. The first-order valence-electron chi connectivity index (χ1n) is 7.25. The molecule has 0 aromatic heterocycles. The molecule has 1 aromatic carbocycles. The van der Waals surface area contributed by atoms with Crippen LogP contribution in [0.5, 0.6) is 5.75 Å². The fraction of sp³-hybridized carbons (Fsp3) is 0.562. The summed E-state index contributed by atoms with van der Waals surface area (Å²) >= 11 is 0. The van der Waals surface area contributed by atoms with Crippen molar-refractivity contribution in [3.8, 4) is 5.75 Å².